The SMILES string of the molecule is CCCCOc1ccc2c(O)cccc2c1O. The van der Waals surface area contributed by atoms with Gasteiger partial charge in [0.15, 0.2) is 11.5 Å². The third kappa shape index (κ3) is 2.28. The summed E-state index contributed by atoms with van der Waals surface area (Å²) in [6.07, 6.45) is 2.01. The summed E-state index contributed by atoms with van der Waals surface area (Å²) in [6.45, 7) is 2.68. The van der Waals surface area contributed by atoms with Crippen molar-refractivity contribution in [2.75, 3.05) is 6.61 Å². The van der Waals surface area contributed by atoms with Crippen molar-refractivity contribution in [1.82, 2.24) is 0 Å². The van der Waals surface area contributed by atoms with Gasteiger partial charge in [0.2, 0.25) is 0 Å². The van der Waals surface area contributed by atoms with Gasteiger partial charge < -0.3 is 14.9 Å². The summed E-state index contributed by atoms with van der Waals surface area (Å²) < 4.78 is 5.49. The Morgan fingerprint density at radius 2 is 1.88 bits per heavy atom. The molecular formula is C14H16O3. The Kier molecular flexibility index (Phi) is 3.38. The van der Waals surface area contributed by atoms with Crippen LogP contribution >= 0.6 is 0 Å². The lowest BCUT2D eigenvalue weighted by Gasteiger charge is -2.10. The van der Waals surface area contributed by atoms with Gasteiger partial charge in [0.25, 0.3) is 0 Å². The van der Waals surface area contributed by atoms with E-state index in [2.05, 4.69) is 6.92 Å². The van der Waals surface area contributed by atoms with Crippen molar-refractivity contribution in [2.24, 2.45) is 0 Å². The minimum absolute atomic E-state index is 0.0921. The van der Waals surface area contributed by atoms with Crippen LogP contribution in [0.25, 0.3) is 10.8 Å². The number of ether oxygens (including phenoxy) is 1. The molecule has 2 aromatic rings. The number of hydrogen-bond donors (Lipinski definition) is 2. The van der Waals surface area contributed by atoms with E-state index in [0.29, 0.717) is 23.1 Å². The van der Waals surface area contributed by atoms with Crippen LogP contribution in [-0.2, 0) is 0 Å². The molecular weight excluding hydrogens is 216 g/mol. The third-order valence-corrected chi connectivity index (χ3v) is 2.73. The number of benzene rings is 2. The molecule has 0 bridgehead atoms. The first-order valence-corrected chi connectivity index (χ1v) is 5.80. The van der Waals surface area contributed by atoms with Crippen molar-refractivity contribution >= 4 is 10.8 Å². The van der Waals surface area contributed by atoms with Gasteiger partial charge in [0, 0.05) is 10.8 Å². The molecule has 2 aromatic carbocycles. The Labute approximate surface area is 100 Å². The van der Waals surface area contributed by atoms with E-state index in [0.717, 1.165) is 12.8 Å². The molecule has 0 aliphatic carbocycles. The summed E-state index contributed by atoms with van der Waals surface area (Å²) in [5, 5.41) is 20.9. The molecule has 2 N–H and O–H groups in total. The van der Waals surface area contributed by atoms with Crippen LogP contribution < -0.4 is 4.74 Å². The van der Waals surface area contributed by atoms with E-state index >= 15 is 0 Å². The van der Waals surface area contributed by atoms with Gasteiger partial charge in [-0.1, -0.05) is 25.5 Å². The van der Waals surface area contributed by atoms with E-state index in [1.807, 2.05) is 0 Å². The molecule has 0 fully saturated rings. The first kappa shape index (κ1) is 11.6. The Bertz CT molecular complexity index is 520. The second kappa shape index (κ2) is 4.95. The van der Waals surface area contributed by atoms with Crippen LogP contribution in [0.3, 0.4) is 0 Å². The predicted molar refractivity (Wildman–Crippen MR) is 67.7 cm³/mol. The molecule has 0 aliphatic rings. The normalized spacial score (nSPS) is 10.6. The fourth-order valence-electron chi connectivity index (χ4n) is 1.75. The molecule has 0 heterocycles. The molecule has 17 heavy (non-hydrogen) atoms. The first-order valence-electron chi connectivity index (χ1n) is 5.80. The molecule has 0 aliphatic heterocycles. The summed E-state index contributed by atoms with van der Waals surface area (Å²) in [7, 11) is 0. The fourth-order valence-corrected chi connectivity index (χ4v) is 1.75. The van der Waals surface area contributed by atoms with Gasteiger partial charge in [0.05, 0.1) is 6.61 Å². The maximum Gasteiger partial charge on any atom is 0.165 e. The number of phenols is 2. The van der Waals surface area contributed by atoms with Crippen LogP contribution in [0.5, 0.6) is 17.2 Å². The quantitative estimate of drug-likeness (QED) is 0.794. The molecule has 0 amide bonds. The zero-order valence-electron chi connectivity index (χ0n) is 9.81. The average molecular weight is 232 g/mol. The zero-order valence-corrected chi connectivity index (χ0v) is 9.81. The Morgan fingerprint density at radius 1 is 1.06 bits per heavy atom. The summed E-state index contributed by atoms with van der Waals surface area (Å²) in [5.74, 6) is 0.726. The fraction of sp³-hybridized carbons (Fsp3) is 0.286. The standard InChI is InChI=1S/C14H16O3/c1-2-3-9-17-13-8-7-10-11(14(13)16)5-4-6-12(10)15/h4-8,15-16H,2-3,9H2,1H3. The van der Waals surface area contributed by atoms with Crippen LogP contribution in [0.1, 0.15) is 19.8 Å². The summed E-state index contributed by atoms with van der Waals surface area (Å²) >= 11 is 0. The Hall–Kier alpha value is -1.90. The van der Waals surface area contributed by atoms with E-state index in [4.69, 9.17) is 4.74 Å². The minimum Gasteiger partial charge on any atom is -0.507 e. The molecule has 3 nitrogen and oxygen atoms in total. The van der Waals surface area contributed by atoms with E-state index in [1.54, 1.807) is 30.3 Å². The highest BCUT2D eigenvalue weighted by molar-refractivity contribution is 5.94. The number of unbranched alkanes of at least 4 members (excludes halogenated alkanes) is 1. The molecule has 3 heteroatoms. The van der Waals surface area contributed by atoms with E-state index in [-0.39, 0.29) is 11.5 Å². The van der Waals surface area contributed by atoms with Crippen LogP contribution in [0.15, 0.2) is 30.3 Å². The number of aromatic hydroxyl groups is 2. The molecule has 90 valence electrons. The highest BCUT2D eigenvalue weighted by Crippen LogP contribution is 2.37. The van der Waals surface area contributed by atoms with Crippen molar-refractivity contribution in [3.8, 4) is 17.2 Å². The van der Waals surface area contributed by atoms with Crippen LogP contribution in [0.2, 0.25) is 0 Å². The summed E-state index contributed by atoms with van der Waals surface area (Å²) in [6, 6.07) is 8.50. The minimum atomic E-state index is 0.0921. The van der Waals surface area contributed by atoms with Gasteiger partial charge in [-0.2, -0.15) is 0 Å². The van der Waals surface area contributed by atoms with Crippen LogP contribution in [0, 0.1) is 0 Å². The number of hydrogen-bond acceptors (Lipinski definition) is 3. The highest BCUT2D eigenvalue weighted by Gasteiger charge is 2.09. The van der Waals surface area contributed by atoms with Gasteiger partial charge >= 0.3 is 0 Å². The molecule has 0 saturated carbocycles. The topological polar surface area (TPSA) is 49.7 Å². The van der Waals surface area contributed by atoms with Gasteiger partial charge in [-0.25, -0.2) is 0 Å². The first-order chi connectivity index (χ1) is 8.24. The maximum absolute atomic E-state index is 10.0. The molecule has 0 unspecified atom stereocenters. The van der Waals surface area contributed by atoms with Crippen molar-refractivity contribution < 1.29 is 14.9 Å². The molecule has 2 rings (SSSR count). The average Bonchev–Trinajstić information content (AvgIpc) is 2.33. The Balaban J connectivity index is 2.37. The number of phenolic OH excluding ortho intramolecular Hbond substituents is 2. The summed E-state index contributed by atoms with van der Waals surface area (Å²) in [4.78, 5) is 0. The van der Waals surface area contributed by atoms with Crippen molar-refractivity contribution in [1.29, 1.82) is 0 Å². The zero-order chi connectivity index (χ0) is 12.3. The second-order valence-electron chi connectivity index (χ2n) is 3.99. The lowest BCUT2D eigenvalue weighted by Crippen LogP contribution is -1.96. The van der Waals surface area contributed by atoms with Crippen molar-refractivity contribution in [3.05, 3.63) is 30.3 Å². The van der Waals surface area contributed by atoms with Crippen molar-refractivity contribution in [3.63, 3.8) is 0 Å². The maximum atomic E-state index is 10.0. The van der Waals surface area contributed by atoms with Crippen LogP contribution in [-0.4, -0.2) is 16.8 Å². The molecule has 0 radical (unpaired) electrons. The van der Waals surface area contributed by atoms with E-state index < -0.39 is 0 Å². The molecule has 0 saturated heterocycles. The Morgan fingerprint density at radius 3 is 2.65 bits per heavy atom. The number of fused-ring (bicyclic) bond motifs is 1. The molecule has 0 spiro atoms. The van der Waals surface area contributed by atoms with Gasteiger partial charge in [-0.3, -0.25) is 0 Å². The number of rotatable bonds is 4. The lowest BCUT2D eigenvalue weighted by atomic mass is 10.1. The van der Waals surface area contributed by atoms with Crippen LogP contribution in [0.4, 0.5) is 0 Å². The summed E-state index contributed by atoms with van der Waals surface area (Å²) in [5.41, 5.74) is 0. The van der Waals surface area contributed by atoms with Gasteiger partial charge in [0.1, 0.15) is 5.75 Å². The predicted octanol–water partition coefficient (Wildman–Crippen LogP) is 3.43. The van der Waals surface area contributed by atoms with Gasteiger partial charge in [-0.15, -0.1) is 0 Å². The molecule has 0 aromatic heterocycles. The lowest BCUT2D eigenvalue weighted by molar-refractivity contribution is 0.294. The van der Waals surface area contributed by atoms with E-state index in [1.165, 1.54) is 0 Å². The van der Waals surface area contributed by atoms with E-state index in [9.17, 15) is 10.2 Å². The van der Waals surface area contributed by atoms with Gasteiger partial charge in [-0.05, 0) is 24.6 Å². The highest BCUT2D eigenvalue weighted by atomic mass is 16.5. The largest absolute Gasteiger partial charge is 0.507 e. The smallest absolute Gasteiger partial charge is 0.165 e. The molecule has 0 atom stereocenters. The second-order valence-corrected chi connectivity index (χ2v) is 3.99. The van der Waals surface area contributed by atoms with Crippen molar-refractivity contribution in [2.45, 2.75) is 19.8 Å². The third-order valence-electron chi connectivity index (χ3n) is 2.73. The monoisotopic (exact) mass is 232 g/mol.